The van der Waals surface area contributed by atoms with Crippen LogP contribution in [0.4, 0.5) is 4.39 Å². The molecule has 0 saturated heterocycles. The van der Waals surface area contributed by atoms with Crippen LogP contribution in [0.2, 0.25) is 0 Å². The molecule has 60 valence electrons. The van der Waals surface area contributed by atoms with Crippen LogP contribution >= 0.6 is 12.2 Å². The van der Waals surface area contributed by atoms with Crippen LogP contribution in [0.1, 0.15) is 10.4 Å². The topological polar surface area (TPSA) is 42.3 Å². The highest BCUT2D eigenvalue weighted by Crippen LogP contribution is 2.01. The van der Waals surface area contributed by atoms with Crippen molar-refractivity contribution in [3.63, 3.8) is 0 Å². The lowest BCUT2D eigenvalue weighted by atomic mass is 10.3. The molecular formula is C7H3FN2OS. The summed E-state index contributed by atoms with van der Waals surface area (Å²) in [6.45, 7) is 0. The molecule has 0 N–H and O–H groups in total. The number of hydrogen-bond acceptors (Lipinski definition) is 3. The first-order valence-corrected chi connectivity index (χ1v) is 3.37. The highest BCUT2D eigenvalue weighted by molar-refractivity contribution is 7.78. The molecule has 0 unspecified atom stereocenters. The third-order valence-electron chi connectivity index (χ3n) is 1.10. The maximum Gasteiger partial charge on any atom is 0.287 e. The predicted molar refractivity (Wildman–Crippen MR) is 43.6 cm³/mol. The lowest BCUT2D eigenvalue weighted by molar-refractivity contribution is 0.100. The Morgan fingerprint density at radius 1 is 1.67 bits per heavy atom. The average molecular weight is 182 g/mol. The Morgan fingerprint density at radius 2 is 2.42 bits per heavy atom. The molecule has 1 rings (SSSR count). The van der Waals surface area contributed by atoms with Gasteiger partial charge in [0.25, 0.3) is 5.91 Å². The van der Waals surface area contributed by atoms with Crippen LogP contribution in [0.3, 0.4) is 0 Å². The summed E-state index contributed by atoms with van der Waals surface area (Å²) < 4.78 is 12.5. The van der Waals surface area contributed by atoms with E-state index >= 15 is 0 Å². The molecule has 5 heteroatoms. The number of carbonyl (C=O) groups is 1. The SMILES string of the molecule is O=C(N=C=S)c1cncc(F)c1. The van der Waals surface area contributed by atoms with Crippen LogP contribution in [-0.2, 0) is 0 Å². The van der Waals surface area contributed by atoms with Gasteiger partial charge in [-0.25, -0.2) is 4.39 Å². The number of rotatable bonds is 1. The molecule has 1 aromatic heterocycles. The summed E-state index contributed by atoms with van der Waals surface area (Å²) in [5.74, 6) is -1.22. The Hall–Kier alpha value is -1.45. The normalized spacial score (nSPS) is 8.75. The van der Waals surface area contributed by atoms with Crippen LogP contribution in [-0.4, -0.2) is 16.1 Å². The summed E-state index contributed by atoms with van der Waals surface area (Å²) in [6, 6.07) is 1.03. The first kappa shape index (κ1) is 8.64. The number of isothiocyanates is 1. The molecule has 0 bridgehead atoms. The summed E-state index contributed by atoms with van der Waals surface area (Å²) in [4.78, 5) is 17.5. The zero-order valence-electron chi connectivity index (χ0n) is 5.82. The standard InChI is InChI=1S/C7H3FN2OS/c8-6-1-5(2-9-3-6)7(11)10-4-12/h1-3H. The van der Waals surface area contributed by atoms with Crippen LogP contribution in [0, 0.1) is 5.82 Å². The minimum absolute atomic E-state index is 0.0624. The van der Waals surface area contributed by atoms with Gasteiger partial charge in [0.15, 0.2) is 0 Å². The van der Waals surface area contributed by atoms with E-state index in [-0.39, 0.29) is 5.56 Å². The largest absolute Gasteiger partial charge is 0.287 e. The van der Waals surface area contributed by atoms with Crippen LogP contribution in [0.25, 0.3) is 0 Å². The van der Waals surface area contributed by atoms with Crippen molar-refractivity contribution >= 4 is 23.3 Å². The number of amides is 1. The first-order valence-electron chi connectivity index (χ1n) is 2.97. The zero-order valence-corrected chi connectivity index (χ0v) is 6.64. The number of halogens is 1. The fourth-order valence-electron chi connectivity index (χ4n) is 0.635. The molecule has 0 atom stereocenters. The second-order valence-electron chi connectivity index (χ2n) is 1.90. The summed E-state index contributed by atoms with van der Waals surface area (Å²) in [7, 11) is 0. The predicted octanol–water partition coefficient (Wildman–Crippen LogP) is 1.46. The van der Waals surface area contributed by atoms with Crippen molar-refractivity contribution in [3.8, 4) is 0 Å². The van der Waals surface area contributed by atoms with Crippen LogP contribution < -0.4 is 0 Å². The van der Waals surface area contributed by atoms with Gasteiger partial charge in [-0.05, 0) is 18.3 Å². The number of aromatic nitrogens is 1. The molecule has 0 aliphatic rings. The van der Waals surface area contributed by atoms with E-state index in [1.165, 1.54) is 6.20 Å². The smallest absolute Gasteiger partial charge is 0.266 e. The van der Waals surface area contributed by atoms with Gasteiger partial charge in [0.05, 0.1) is 16.9 Å². The van der Waals surface area contributed by atoms with Gasteiger partial charge in [-0.2, -0.15) is 4.99 Å². The van der Waals surface area contributed by atoms with Gasteiger partial charge >= 0.3 is 0 Å². The average Bonchev–Trinajstić information content (AvgIpc) is 2.05. The van der Waals surface area contributed by atoms with E-state index < -0.39 is 11.7 Å². The van der Waals surface area contributed by atoms with Crippen molar-refractivity contribution in [3.05, 3.63) is 29.8 Å². The monoisotopic (exact) mass is 182 g/mol. The van der Waals surface area contributed by atoms with E-state index in [0.29, 0.717) is 0 Å². The molecule has 0 spiro atoms. The lowest BCUT2D eigenvalue weighted by Crippen LogP contribution is -1.95. The first-order chi connectivity index (χ1) is 5.74. The minimum atomic E-state index is -0.642. The molecular weight excluding hydrogens is 179 g/mol. The number of carbonyl (C=O) groups excluding carboxylic acids is 1. The summed E-state index contributed by atoms with van der Waals surface area (Å²) in [5, 5.41) is 1.89. The number of hydrogen-bond donors (Lipinski definition) is 0. The Balaban J connectivity index is 3.03. The number of thiocarbonyl (C=S) groups is 1. The van der Waals surface area contributed by atoms with E-state index in [9.17, 15) is 9.18 Å². The maximum atomic E-state index is 12.5. The fraction of sp³-hybridized carbons (Fsp3) is 0. The molecule has 1 amide bonds. The van der Waals surface area contributed by atoms with Gasteiger partial charge in [-0.3, -0.25) is 9.78 Å². The van der Waals surface area contributed by atoms with Gasteiger partial charge < -0.3 is 0 Å². The van der Waals surface area contributed by atoms with Crippen molar-refractivity contribution in [2.24, 2.45) is 4.99 Å². The fourth-order valence-corrected chi connectivity index (χ4v) is 0.718. The second-order valence-corrected chi connectivity index (χ2v) is 2.08. The van der Waals surface area contributed by atoms with Crippen molar-refractivity contribution < 1.29 is 9.18 Å². The summed E-state index contributed by atoms with van der Waals surface area (Å²) >= 11 is 4.21. The van der Waals surface area contributed by atoms with E-state index in [4.69, 9.17) is 0 Å². The van der Waals surface area contributed by atoms with E-state index in [1.807, 2.05) is 5.16 Å². The minimum Gasteiger partial charge on any atom is -0.266 e. The Kier molecular flexibility index (Phi) is 2.74. The van der Waals surface area contributed by atoms with Crippen molar-refractivity contribution in [2.45, 2.75) is 0 Å². The number of nitrogens with zero attached hydrogens (tertiary/aromatic N) is 2. The third-order valence-corrected chi connectivity index (χ3v) is 1.19. The van der Waals surface area contributed by atoms with Gasteiger partial charge in [0.2, 0.25) is 0 Å². The molecule has 3 nitrogen and oxygen atoms in total. The Labute approximate surface area is 73.0 Å². The third kappa shape index (κ3) is 2.02. The molecule has 1 aromatic rings. The Bertz CT molecular complexity index is 360. The van der Waals surface area contributed by atoms with Gasteiger partial charge in [-0.1, -0.05) is 0 Å². The van der Waals surface area contributed by atoms with Crippen LogP contribution in [0.15, 0.2) is 23.5 Å². The summed E-state index contributed by atoms with van der Waals surface area (Å²) in [6.07, 6.45) is 2.21. The maximum absolute atomic E-state index is 12.5. The van der Waals surface area contributed by atoms with E-state index in [0.717, 1.165) is 12.3 Å². The van der Waals surface area contributed by atoms with Gasteiger partial charge in [0.1, 0.15) is 5.82 Å². The molecule has 1 heterocycles. The van der Waals surface area contributed by atoms with Gasteiger partial charge in [-0.15, -0.1) is 0 Å². The molecule has 0 saturated carbocycles. The Morgan fingerprint density at radius 3 is 3.00 bits per heavy atom. The molecule has 0 aliphatic carbocycles. The second kappa shape index (κ2) is 3.80. The quantitative estimate of drug-likeness (QED) is 0.487. The van der Waals surface area contributed by atoms with Crippen molar-refractivity contribution in [2.75, 3.05) is 0 Å². The van der Waals surface area contributed by atoms with Gasteiger partial charge in [0, 0.05) is 6.20 Å². The van der Waals surface area contributed by atoms with Crippen molar-refractivity contribution in [1.29, 1.82) is 0 Å². The van der Waals surface area contributed by atoms with E-state index in [1.54, 1.807) is 0 Å². The van der Waals surface area contributed by atoms with Crippen LogP contribution in [0.5, 0.6) is 0 Å². The molecule has 12 heavy (non-hydrogen) atoms. The van der Waals surface area contributed by atoms with Crippen molar-refractivity contribution in [1.82, 2.24) is 4.98 Å². The number of aliphatic imine (C=N–C) groups is 1. The number of pyridine rings is 1. The molecule has 0 aliphatic heterocycles. The highest BCUT2D eigenvalue weighted by atomic mass is 32.1. The highest BCUT2D eigenvalue weighted by Gasteiger charge is 2.03. The molecule has 0 fully saturated rings. The van der Waals surface area contributed by atoms with E-state index in [2.05, 4.69) is 22.2 Å². The zero-order chi connectivity index (χ0) is 8.97. The molecule has 0 aromatic carbocycles. The summed E-state index contributed by atoms with van der Waals surface area (Å²) in [5.41, 5.74) is 0.0624. The molecule has 0 radical (unpaired) electrons. The lowest BCUT2D eigenvalue weighted by Gasteiger charge is -1.91.